The number of nitrogens with zero attached hydrogens (tertiary/aromatic N) is 1. The van der Waals surface area contributed by atoms with Crippen LogP contribution in [0.25, 0.3) is 6.08 Å². The van der Waals surface area contributed by atoms with Crippen LogP contribution in [-0.4, -0.2) is 53.6 Å². The molecule has 1 aromatic carbocycles. The molecule has 8 nitrogen and oxygen atoms in total. The SMILES string of the molecule is C=CC(C)(C)[C@]1(CC2NC(=O)[C@@]3(OC)CCCN3C2=O)C(=O)Nc2c1ccc1c2C=CC(C)(C)O1. The number of ether oxygens (including phenoxy) is 2. The van der Waals surface area contributed by atoms with Gasteiger partial charge in [0.25, 0.3) is 5.91 Å². The van der Waals surface area contributed by atoms with Gasteiger partial charge in [0.05, 0.1) is 11.1 Å². The van der Waals surface area contributed by atoms with Crippen LogP contribution in [0.3, 0.4) is 0 Å². The lowest BCUT2D eigenvalue weighted by atomic mass is 9.59. The first-order chi connectivity index (χ1) is 16.4. The molecule has 4 aliphatic heterocycles. The molecule has 2 saturated heterocycles. The Hall–Kier alpha value is -3.13. The molecule has 8 heteroatoms. The highest BCUT2D eigenvalue weighted by atomic mass is 16.5. The van der Waals surface area contributed by atoms with Crippen LogP contribution in [0.1, 0.15) is 58.1 Å². The van der Waals surface area contributed by atoms with E-state index in [0.29, 0.717) is 30.8 Å². The monoisotopic (exact) mass is 479 g/mol. The summed E-state index contributed by atoms with van der Waals surface area (Å²) in [5.74, 6) is -0.104. The molecule has 0 saturated carbocycles. The van der Waals surface area contributed by atoms with Crippen LogP contribution in [0.4, 0.5) is 5.69 Å². The molecule has 5 rings (SSSR count). The third kappa shape index (κ3) is 3.05. The van der Waals surface area contributed by atoms with Gasteiger partial charge >= 0.3 is 0 Å². The van der Waals surface area contributed by atoms with E-state index in [2.05, 4.69) is 17.2 Å². The molecule has 35 heavy (non-hydrogen) atoms. The fourth-order valence-corrected chi connectivity index (χ4v) is 6.16. The van der Waals surface area contributed by atoms with Crippen molar-refractivity contribution in [2.45, 2.75) is 69.7 Å². The van der Waals surface area contributed by atoms with Gasteiger partial charge in [-0.2, -0.15) is 0 Å². The van der Waals surface area contributed by atoms with Crippen LogP contribution in [0, 0.1) is 5.41 Å². The zero-order chi connectivity index (χ0) is 25.4. The number of anilines is 1. The van der Waals surface area contributed by atoms with Gasteiger partial charge in [-0.1, -0.05) is 26.0 Å². The van der Waals surface area contributed by atoms with Crippen molar-refractivity contribution in [2.75, 3.05) is 19.0 Å². The summed E-state index contributed by atoms with van der Waals surface area (Å²) in [6, 6.07) is 2.91. The summed E-state index contributed by atoms with van der Waals surface area (Å²) in [4.78, 5) is 42.2. The Morgan fingerprint density at radius 2 is 2.00 bits per heavy atom. The van der Waals surface area contributed by atoms with Gasteiger partial charge < -0.3 is 25.0 Å². The first-order valence-electron chi connectivity index (χ1n) is 12.1. The van der Waals surface area contributed by atoms with Crippen LogP contribution >= 0.6 is 0 Å². The van der Waals surface area contributed by atoms with Crippen molar-refractivity contribution in [3.05, 3.63) is 42.0 Å². The number of amides is 3. The number of allylic oxidation sites excluding steroid dienone is 1. The lowest BCUT2D eigenvalue weighted by Crippen LogP contribution is -2.70. The Balaban J connectivity index is 1.61. The molecule has 4 heterocycles. The number of methoxy groups -OCH3 is 1. The second kappa shape index (κ2) is 7.43. The van der Waals surface area contributed by atoms with Crippen LogP contribution in [0.5, 0.6) is 5.75 Å². The highest BCUT2D eigenvalue weighted by Crippen LogP contribution is 2.56. The van der Waals surface area contributed by atoms with E-state index in [0.717, 1.165) is 11.1 Å². The third-order valence-electron chi connectivity index (χ3n) is 8.33. The smallest absolute Gasteiger partial charge is 0.274 e. The maximum absolute atomic E-state index is 13.9. The van der Waals surface area contributed by atoms with E-state index in [1.807, 2.05) is 52.0 Å². The molecule has 3 amide bonds. The number of hydrogen-bond acceptors (Lipinski definition) is 5. The fraction of sp³-hybridized carbons (Fsp3) is 0.519. The first-order valence-corrected chi connectivity index (χ1v) is 12.1. The molecule has 1 aromatic rings. The topological polar surface area (TPSA) is 97.0 Å². The minimum absolute atomic E-state index is 0.0978. The number of carbonyl (C=O) groups excluding carboxylic acids is 3. The van der Waals surface area contributed by atoms with Crippen molar-refractivity contribution in [2.24, 2.45) is 5.41 Å². The van der Waals surface area contributed by atoms with Crippen molar-refractivity contribution in [3.8, 4) is 5.75 Å². The molecule has 186 valence electrons. The second-order valence-electron chi connectivity index (χ2n) is 11.0. The quantitative estimate of drug-likeness (QED) is 0.633. The van der Waals surface area contributed by atoms with Gasteiger partial charge in [-0.15, -0.1) is 6.58 Å². The second-order valence-corrected chi connectivity index (χ2v) is 11.0. The molecule has 3 atom stereocenters. The number of benzene rings is 1. The Kier molecular flexibility index (Phi) is 5.01. The van der Waals surface area contributed by atoms with Crippen molar-refractivity contribution >= 4 is 29.5 Å². The van der Waals surface area contributed by atoms with Gasteiger partial charge in [0.2, 0.25) is 17.5 Å². The lowest BCUT2D eigenvalue weighted by Gasteiger charge is -2.47. The summed E-state index contributed by atoms with van der Waals surface area (Å²) in [6.45, 7) is 12.3. The van der Waals surface area contributed by atoms with E-state index in [4.69, 9.17) is 9.47 Å². The van der Waals surface area contributed by atoms with Crippen LogP contribution in [0.2, 0.25) is 0 Å². The highest BCUT2D eigenvalue weighted by molar-refractivity contribution is 6.10. The van der Waals surface area contributed by atoms with Crippen molar-refractivity contribution in [1.29, 1.82) is 0 Å². The van der Waals surface area contributed by atoms with E-state index >= 15 is 0 Å². The molecule has 0 aliphatic carbocycles. The molecule has 0 bridgehead atoms. The Labute approximate surface area is 205 Å². The number of hydrogen-bond donors (Lipinski definition) is 2. The first kappa shape index (κ1) is 23.6. The third-order valence-corrected chi connectivity index (χ3v) is 8.33. The Morgan fingerprint density at radius 3 is 2.69 bits per heavy atom. The predicted molar refractivity (Wildman–Crippen MR) is 132 cm³/mol. The number of rotatable bonds is 5. The average molecular weight is 480 g/mol. The van der Waals surface area contributed by atoms with Gasteiger partial charge in [0.1, 0.15) is 17.4 Å². The van der Waals surface area contributed by atoms with E-state index in [9.17, 15) is 14.4 Å². The maximum Gasteiger partial charge on any atom is 0.274 e. The van der Waals surface area contributed by atoms with Crippen molar-refractivity contribution in [1.82, 2.24) is 10.2 Å². The largest absolute Gasteiger partial charge is 0.483 e. The zero-order valence-electron chi connectivity index (χ0n) is 21.0. The number of nitrogens with one attached hydrogen (secondary N) is 2. The number of piperazine rings is 1. The fourth-order valence-electron chi connectivity index (χ4n) is 6.16. The molecular formula is C27H33N3O5. The summed E-state index contributed by atoms with van der Waals surface area (Å²) < 4.78 is 11.7. The number of carbonyl (C=O) groups is 3. The van der Waals surface area contributed by atoms with Gasteiger partial charge in [-0.05, 0) is 50.5 Å². The normalized spacial score (nSPS) is 30.7. The summed E-state index contributed by atoms with van der Waals surface area (Å²) >= 11 is 0. The molecule has 2 N–H and O–H groups in total. The highest BCUT2D eigenvalue weighted by Gasteiger charge is 2.61. The zero-order valence-corrected chi connectivity index (χ0v) is 21.0. The molecule has 2 fully saturated rings. The van der Waals surface area contributed by atoms with Gasteiger partial charge in [0, 0.05) is 31.1 Å². The van der Waals surface area contributed by atoms with E-state index in [1.165, 1.54) is 12.0 Å². The molecule has 0 spiro atoms. The minimum Gasteiger partial charge on any atom is -0.483 e. The van der Waals surface area contributed by atoms with Gasteiger partial charge in [-0.3, -0.25) is 14.4 Å². The standard InChI is InChI=1S/C27H33N3O5/c1-7-24(2,3)26(15-18-21(31)30-14-8-12-27(30,34-6)23(33)28-18)17-9-10-19-16(20(17)29-22(26)32)11-13-25(4,5)35-19/h7,9-11,13,18H,1,8,12,14-15H2,2-6H3,(H,28,33)(H,29,32)/t18?,26-,27-/m0/s1. The number of fused-ring (bicyclic) bond motifs is 4. The molecule has 1 unspecified atom stereocenters. The molecular weight excluding hydrogens is 446 g/mol. The lowest BCUT2D eigenvalue weighted by molar-refractivity contribution is -0.184. The maximum atomic E-state index is 13.9. The van der Waals surface area contributed by atoms with E-state index in [-0.39, 0.29) is 24.1 Å². The van der Waals surface area contributed by atoms with Gasteiger partial charge in [0.15, 0.2) is 0 Å². The Bertz CT molecular complexity index is 1190. The predicted octanol–water partition coefficient (Wildman–Crippen LogP) is 3.13. The summed E-state index contributed by atoms with van der Waals surface area (Å²) in [5, 5.41) is 5.98. The van der Waals surface area contributed by atoms with E-state index < -0.39 is 28.2 Å². The average Bonchev–Trinajstić information content (AvgIpc) is 3.37. The van der Waals surface area contributed by atoms with Crippen molar-refractivity contribution in [3.63, 3.8) is 0 Å². The molecule has 0 radical (unpaired) electrons. The van der Waals surface area contributed by atoms with Crippen LogP contribution in [-0.2, 0) is 24.5 Å². The van der Waals surface area contributed by atoms with Crippen molar-refractivity contribution < 1.29 is 23.9 Å². The summed E-state index contributed by atoms with van der Waals surface area (Å²) in [5.41, 5.74) is -1.35. The van der Waals surface area contributed by atoms with Gasteiger partial charge in [-0.25, -0.2) is 0 Å². The molecule has 0 aromatic heterocycles. The van der Waals surface area contributed by atoms with Crippen LogP contribution < -0.4 is 15.4 Å². The van der Waals surface area contributed by atoms with Crippen LogP contribution in [0.15, 0.2) is 30.9 Å². The van der Waals surface area contributed by atoms with E-state index in [1.54, 1.807) is 6.08 Å². The molecule has 4 aliphatic rings. The minimum atomic E-state index is -1.27. The summed E-state index contributed by atoms with van der Waals surface area (Å²) in [7, 11) is 1.45. The Morgan fingerprint density at radius 1 is 1.26 bits per heavy atom. The summed E-state index contributed by atoms with van der Waals surface area (Å²) in [6.07, 6.45) is 6.92.